The second-order valence-electron chi connectivity index (χ2n) is 7.55. The van der Waals surface area contributed by atoms with Gasteiger partial charge in [-0.2, -0.15) is 0 Å². The lowest BCUT2D eigenvalue weighted by atomic mass is 9.88. The summed E-state index contributed by atoms with van der Waals surface area (Å²) in [4.78, 5) is 11.4. The summed E-state index contributed by atoms with van der Waals surface area (Å²) in [6.45, 7) is 1.64. The lowest BCUT2D eigenvalue weighted by molar-refractivity contribution is 0.101. The summed E-state index contributed by atoms with van der Waals surface area (Å²) in [7, 11) is 0. The molecular weight excluding hydrogens is 292 g/mol. The van der Waals surface area contributed by atoms with Gasteiger partial charge in [0.05, 0.1) is 0 Å². The third kappa shape index (κ3) is 4.69. The van der Waals surface area contributed by atoms with E-state index in [1.54, 1.807) is 12.5 Å². The molecule has 0 saturated carbocycles. The molecule has 0 spiro atoms. The van der Waals surface area contributed by atoms with Crippen LogP contribution in [0.5, 0.6) is 0 Å². The van der Waals surface area contributed by atoms with Crippen LogP contribution in [0.15, 0.2) is 48.1 Å². The Morgan fingerprint density at radius 2 is 1.67 bits per heavy atom. The van der Waals surface area contributed by atoms with E-state index in [1.165, 1.54) is 63.4 Å². The predicted octanol–water partition coefficient (Wildman–Crippen LogP) is 6.61. The SMILES string of the molecule is CC(=O)c1ccc(C2CCC=C(CC3CCC=CCC3)CC2)cc1. The van der Waals surface area contributed by atoms with Crippen LogP contribution < -0.4 is 0 Å². The Morgan fingerprint density at radius 1 is 0.958 bits per heavy atom. The molecule has 3 rings (SSSR count). The van der Waals surface area contributed by atoms with E-state index in [0.29, 0.717) is 5.92 Å². The number of rotatable bonds is 4. The number of hydrogen-bond acceptors (Lipinski definition) is 1. The Hall–Kier alpha value is -1.63. The quantitative estimate of drug-likeness (QED) is 0.450. The van der Waals surface area contributed by atoms with Gasteiger partial charge in [-0.25, -0.2) is 0 Å². The van der Waals surface area contributed by atoms with Crippen molar-refractivity contribution in [3.8, 4) is 0 Å². The average Bonchev–Trinajstić information content (AvgIpc) is 2.98. The third-order valence-corrected chi connectivity index (χ3v) is 5.75. The summed E-state index contributed by atoms with van der Waals surface area (Å²) in [5.74, 6) is 1.69. The summed E-state index contributed by atoms with van der Waals surface area (Å²) in [6.07, 6.45) is 18.8. The van der Waals surface area contributed by atoms with Gasteiger partial charge in [0.1, 0.15) is 0 Å². The van der Waals surface area contributed by atoms with Crippen LogP contribution in [0.1, 0.15) is 86.6 Å². The number of hydrogen-bond donors (Lipinski definition) is 0. The fraction of sp³-hybridized carbons (Fsp3) is 0.522. The van der Waals surface area contributed by atoms with Gasteiger partial charge in [-0.15, -0.1) is 0 Å². The Bertz CT molecular complexity index is 595. The Morgan fingerprint density at radius 3 is 2.33 bits per heavy atom. The van der Waals surface area contributed by atoms with Crippen molar-refractivity contribution in [3.63, 3.8) is 0 Å². The Labute approximate surface area is 146 Å². The monoisotopic (exact) mass is 322 g/mol. The van der Waals surface area contributed by atoms with Gasteiger partial charge < -0.3 is 0 Å². The van der Waals surface area contributed by atoms with Gasteiger partial charge in [0.2, 0.25) is 0 Å². The van der Waals surface area contributed by atoms with E-state index in [-0.39, 0.29) is 5.78 Å². The molecule has 1 aromatic rings. The van der Waals surface area contributed by atoms with E-state index in [0.717, 1.165) is 11.5 Å². The number of carbonyl (C=O) groups excluding carboxylic acids is 1. The van der Waals surface area contributed by atoms with Crippen molar-refractivity contribution in [1.82, 2.24) is 0 Å². The van der Waals surface area contributed by atoms with Gasteiger partial charge in [0, 0.05) is 5.56 Å². The molecule has 1 aromatic carbocycles. The second-order valence-corrected chi connectivity index (χ2v) is 7.55. The van der Waals surface area contributed by atoms with Crippen molar-refractivity contribution >= 4 is 5.78 Å². The highest BCUT2D eigenvalue weighted by molar-refractivity contribution is 5.94. The minimum Gasteiger partial charge on any atom is -0.295 e. The molecule has 0 amide bonds. The molecule has 0 fully saturated rings. The summed E-state index contributed by atoms with van der Waals surface area (Å²) < 4.78 is 0. The van der Waals surface area contributed by atoms with E-state index >= 15 is 0 Å². The second kappa shape index (κ2) is 8.46. The fourth-order valence-corrected chi connectivity index (χ4v) is 4.22. The molecule has 0 N–H and O–H groups in total. The van der Waals surface area contributed by atoms with Crippen LogP contribution in [0.3, 0.4) is 0 Å². The van der Waals surface area contributed by atoms with E-state index in [1.807, 2.05) is 12.1 Å². The van der Waals surface area contributed by atoms with Crippen molar-refractivity contribution in [3.05, 3.63) is 59.2 Å². The van der Waals surface area contributed by atoms with Crippen LogP contribution in [-0.2, 0) is 0 Å². The maximum absolute atomic E-state index is 11.4. The predicted molar refractivity (Wildman–Crippen MR) is 101 cm³/mol. The molecule has 1 heteroatoms. The van der Waals surface area contributed by atoms with E-state index < -0.39 is 0 Å². The number of allylic oxidation sites excluding steroid dienone is 4. The van der Waals surface area contributed by atoms with Gasteiger partial charge in [0.25, 0.3) is 0 Å². The van der Waals surface area contributed by atoms with Gasteiger partial charge in [-0.05, 0) is 82.1 Å². The van der Waals surface area contributed by atoms with Crippen LogP contribution in [0, 0.1) is 5.92 Å². The van der Waals surface area contributed by atoms with Crippen molar-refractivity contribution < 1.29 is 4.79 Å². The van der Waals surface area contributed by atoms with Crippen LogP contribution in [0.25, 0.3) is 0 Å². The van der Waals surface area contributed by atoms with Crippen LogP contribution in [-0.4, -0.2) is 5.78 Å². The first-order valence-corrected chi connectivity index (χ1v) is 9.66. The van der Waals surface area contributed by atoms with Crippen LogP contribution >= 0.6 is 0 Å². The summed E-state index contributed by atoms with van der Waals surface area (Å²) >= 11 is 0. The molecule has 0 bridgehead atoms. The van der Waals surface area contributed by atoms with Crippen LogP contribution in [0.2, 0.25) is 0 Å². The Balaban J connectivity index is 1.55. The number of ketones is 1. The maximum Gasteiger partial charge on any atom is 0.159 e. The van der Waals surface area contributed by atoms with Crippen molar-refractivity contribution in [1.29, 1.82) is 0 Å². The highest BCUT2D eigenvalue weighted by Crippen LogP contribution is 2.35. The molecule has 1 nitrogen and oxygen atoms in total. The molecule has 0 aromatic heterocycles. The molecule has 2 aliphatic rings. The molecule has 24 heavy (non-hydrogen) atoms. The third-order valence-electron chi connectivity index (χ3n) is 5.75. The van der Waals surface area contributed by atoms with Crippen molar-refractivity contribution in [2.75, 3.05) is 0 Å². The van der Waals surface area contributed by atoms with Gasteiger partial charge in [-0.3, -0.25) is 4.79 Å². The molecular formula is C23H30O. The zero-order chi connectivity index (χ0) is 16.8. The molecule has 1 atom stereocenters. The normalized spacial score (nSPS) is 22.5. The standard InChI is InChI=1S/C23H30O/c1-18(24)21-13-15-23(16-14-21)22-10-6-9-20(11-12-22)17-19-7-4-2-3-5-8-19/h2-3,9,13-16,19,22H,4-8,10-12,17H2,1H3. The molecule has 1 unspecified atom stereocenters. The smallest absolute Gasteiger partial charge is 0.159 e. The number of benzene rings is 1. The van der Waals surface area contributed by atoms with Gasteiger partial charge in [0.15, 0.2) is 5.78 Å². The first-order chi connectivity index (χ1) is 11.7. The minimum absolute atomic E-state index is 0.157. The van der Waals surface area contributed by atoms with Gasteiger partial charge in [-0.1, -0.05) is 48.1 Å². The first-order valence-electron chi connectivity index (χ1n) is 9.66. The molecule has 2 aliphatic carbocycles. The average molecular weight is 322 g/mol. The highest BCUT2D eigenvalue weighted by atomic mass is 16.1. The molecule has 0 radical (unpaired) electrons. The maximum atomic E-state index is 11.4. The zero-order valence-electron chi connectivity index (χ0n) is 15.0. The van der Waals surface area contributed by atoms with Crippen molar-refractivity contribution in [2.24, 2.45) is 5.92 Å². The molecule has 0 saturated heterocycles. The largest absolute Gasteiger partial charge is 0.295 e. The topological polar surface area (TPSA) is 17.1 Å². The lowest BCUT2D eigenvalue weighted by Gasteiger charge is -2.17. The molecule has 0 heterocycles. The number of Topliss-reactive ketones (excluding diaryl/α,β-unsaturated/α-hetero) is 1. The van der Waals surface area contributed by atoms with Crippen molar-refractivity contribution in [2.45, 2.75) is 70.6 Å². The van der Waals surface area contributed by atoms with Gasteiger partial charge >= 0.3 is 0 Å². The highest BCUT2D eigenvalue weighted by Gasteiger charge is 2.18. The fourth-order valence-electron chi connectivity index (χ4n) is 4.22. The van der Waals surface area contributed by atoms with E-state index in [2.05, 4.69) is 30.4 Å². The summed E-state index contributed by atoms with van der Waals surface area (Å²) in [6, 6.07) is 8.33. The summed E-state index contributed by atoms with van der Waals surface area (Å²) in [5.41, 5.74) is 3.94. The zero-order valence-corrected chi connectivity index (χ0v) is 15.0. The number of carbonyl (C=O) groups is 1. The Kier molecular flexibility index (Phi) is 6.07. The summed E-state index contributed by atoms with van der Waals surface area (Å²) in [5, 5.41) is 0. The van der Waals surface area contributed by atoms with E-state index in [4.69, 9.17) is 0 Å². The first kappa shape index (κ1) is 17.2. The molecule has 128 valence electrons. The molecule has 0 aliphatic heterocycles. The van der Waals surface area contributed by atoms with Crippen LogP contribution in [0.4, 0.5) is 0 Å². The minimum atomic E-state index is 0.157. The van der Waals surface area contributed by atoms with E-state index in [9.17, 15) is 4.79 Å². The lowest BCUT2D eigenvalue weighted by Crippen LogP contribution is -2.02.